The summed E-state index contributed by atoms with van der Waals surface area (Å²) in [4.78, 5) is 15.5. The standard InChI is InChI=1S/C17H31N7.ClH/c1-2-24-11-7-10-14(24)12-19-16-21-15(18)22-17(23-16)20-13-8-5-3-4-6-9-13;/h13-14H,2-12H2,1H3,(H4,18,19,20,21,22,23);1H. The molecule has 142 valence electrons. The topological polar surface area (TPSA) is 92.0 Å². The van der Waals surface area contributed by atoms with Crippen LogP contribution in [0.3, 0.4) is 0 Å². The van der Waals surface area contributed by atoms with Crippen LogP contribution in [0.25, 0.3) is 0 Å². The predicted molar refractivity (Wildman–Crippen MR) is 105 cm³/mol. The quantitative estimate of drug-likeness (QED) is 0.664. The maximum Gasteiger partial charge on any atom is 0.229 e. The second-order valence-corrected chi connectivity index (χ2v) is 6.98. The number of halogens is 1. The smallest absolute Gasteiger partial charge is 0.229 e. The number of aromatic nitrogens is 3. The summed E-state index contributed by atoms with van der Waals surface area (Å²) in [5.41, 5.74) is 5.88. The SMILES string of the molecule is CCN1CCCC1CNc1nc(N)nc(NC2CCCCCC2)n1.Cl. The number of nitrogens with two attached hydrogens (primary N) is 1. The second-order valence-electron chi connectivity index (χ2n) is 6.98. The first kappa shape index (κ1) is 20.0. The Morgan fingerprint density at radius 2 is 1.72 bits per heavy atom. The van der Waals surface area contributed by atoms with Gasteiger partial charge in [0.25, 0.3) is 0 Å². The maximum absolute atomic E-state index is 5.88. The van der Waals surface area contributed by atoms with Gasteiger partial charge in [0.15, 0.2) is 0 Å². The average Bonchev–Trinajstić information content (AvgIpc) is 2.88. The largest absolute Gasteiger partial charge is 0.368 e. The molecule has 0 radical (unpaired) electrons. The lowest BCUT2D eigenvalue weighted by atomic mass is 10.1. The molecule has 1 aromatic heterocycles. The Hall–Kier alpha value is -1.34. The van der Waals surface area contributed by atoms with Crippen molar-refractivity contribution in [2.75, 3.05) is 36.0 Å². The van der Waals surface area contributed by atoms with E-state index in [1.54, 1.807) is 0 Å². The minimum atomic E-state index is 0. The summed E-state index contributed by atoms with van der Waals surface area (Å²) in [6.07, 6.45) is 10.1. The summed E-state index contributed by atoms with van der Waals surface area (Å²) < 4.78 is 0. The highest BCUT2D eigenvalue weighted by atomic mass is 35.5. The average molecular weight is 370 g/mol. The van der Waals surface area contributed by atoms with E-state index in [4.69, 9.17) is 5.73 Å². The third kappa shape index (κ3) is 5.85. The molecule has 25 heavy (non-hydrogen) atoms. The van der Waals surface area contributed by atoms with Crippen LogP contribution in [0.1, 0.15) is 58.3 Å². The van der Waals surface area contributed by atoms with E-state index in [1.807, 2.05) is 0 Å². The van der Waals surface area contributed by atoms with Crippen molar-refractivity contribution < 1.29 is 0 Å². The molecule has 1 saturated carbocycles. The van der Waals surface area contributed by atoms with Gasteiger partial charge in [0.05, 0.1) is 0 Å². The van der Waals surface area contributed by atoms with E-state index in [0.29, 0.717) is 24.0 Å². The Balaban J connectivity index is 0.00000225. The lowest BCUT2D eigenvalue weighted by molar-refractivity contribution is 0.277. The fourth-order valence-electron chi connectivity index (χ4n) is 3.89. The third-order valence-corrected chi connectivity index (χ3v) is 5.24. The highest BCUT2D eigenvalue weighted by Gasteiger charge is 2.23. The number of hydrogen-bond donors (Lipinski definition) is 3. The fourth-order valence-corrected chi connectivity index (χ4v) is 3.89. The normalized spacial score (nSPS) is 22.2. The van der Waals surface area contributed by atoms with Crippen molar-refractivity contribution in [3.05, 3.63) is 0 Å². The Kier molecular flexibility index (Phi) is 7.96. The summed E-state index contributed by atoms with van der Waals surface area (Å²) >= 11 is 0. The van der Waals surface area contributed by atoms with E-state index in [1.165, 1.54) is 57.9 Å². The number of nitrogen functional groups attached to an aromatic ring is 1. The number of nitrogens with zero attached hydrogens (tertiary/aromatic N) is 4. The van der Waals surface area contributed by atoms with Crippen molar-refractivity contribution in [2.45, 2.75) is 70.4 Å². The van der Waals surface area contributed by atoms with Crippen molar-refractivity contribution in [1.29, 1.82) is 0 Å². The van der Waals surface area contributed by atoms with Crippen molar-refractivity contribution >= 4 is 30.3 Å². The van der Waals surface area contributed by atoms with Crippen LogP contribution in [0.15, 0.2) is 0 Å². The molecule has 1 saturated heterocycles. The molecule has 1 aromatic rings. The minimum Gasteiger partial charge on any atom is -0.368 e. The number of likely N-dealkylation sites (tertiary alicyclic amines) is 1. The van der Waals surface area contributed by atoms with Gasteiger partial charge < -0.3 is 16.4 Å². The van der Waals surface area contributed by atoms with Crippen LogP contribution in [-0.4, -0.2) is 51.6 Å². The molecular weight excluding hydrogens is 338 g/mol. The van der Waals surface area contributed by atoms with Gasteiger partial charge in [-0.1, -0.05) is 32.6 Å². The second kappa shape index (κ2) is 9.97. The highest BCUT2D eigenvalue weighted by molar-refractivity contribution is 5.85. The van der Waals surface area contributed by atoms with E-state index < -0.39 is 0 Å². The molecule has 0 bridgehead atoms. The van der Waals surface area contributed by atoms with E-state index in [-0.39, 0.29) is 18.4 Å². The number of hydrogen-bond acceptors (Lipinski definition) is 7. The molecule has 2 aliphatic rings. The zero-order valence-electron chi connectivity index (χ0n) is 15.2. The third-order valence-electron chi connectivity index (χ3n) is 5.24. The molecule has 3 rings (SSSR count). The summed E-state index contributed by atoms with van der Waals surface area (Å²) in [7, 11) is 0. The molecule has 1 atom stereocenters. The van der Waals surface area contributed by atoms with Crippen LogP contribution in [0.5, 0.6) is 0 Å². The molecule has 0 spiro atoms. The van der Waals surface area contributed by atoms with E-state index in [9.17, 15) is 0 Å². The fraction of sp³-hybridized carbons (Fsp3) is 0.824. The first-order chi connectivity index (χ1) is 11.7. The van der Waals surface area contributed by atoms with Crippen LogP contribution in [0.2, 0.25) is 0 Å². The van der Waals surface area contributed by atoms with Gasteiger partial charge in [-0.15, -0.1) is 12.4 Å². The van der Waals surface area contributed by atoms with E-state index >= 15 is 0 Å². The maximum atomic E-state index is 5.88. The number of rotatable bonds is 6. The Morgan fingerprint density at radius 3 is 2.44 bits per heavy atom. The number of nitrogens with one attached hydrogen (secondary N) is 2. The van der Waals surface area contributed by atoms with Gasteiger partial charge in [0, 0.05) is 18.6 Å². The van der Waals surface area contributed by atoms with Crippen molar-refractivity contribution in [2.24, 2.45) is 0 Å². The van der Waals surface area contributed by atoms with Gasteiger partial charge in [0.1, 0.15) is 0 Å². The first-order valence-electron chi connectivity index (χ1n) is 9.50. The Bertz CT molecular complexity index is 520. The van der Waals surface area contributed by atoms with Gasteiger partial charge in [-0.05, 0) is 38.8 Å². The lowest BCUT2D eigenvalue weighted by Crippen LogP contribution is -2.35. The molecule has 1 aliphatic heterocycles. The Labute approximate surface area is 157 Å². The molecule has 2 heterocycles. The van der Waals surface area contributed by atoms with Crippen molar-refractivity contribution in [3.63, 3.8) is 0 Å². The van der Waals surface area contributed by atoms with Crippen LogP contribution >= 0.6 is 12.4 Å². The summed E-state index contributed by atoms with van der Waals surface area (Å²) in [5.74, 6) is 1.47. The van der Waals surface area contributed by atoms with Crippen molar-refractivity contribution in [1.82, 2.24) is 19.9 Å². The van der Waals surface area contributed by atoms with Gasteiger partial charge >= 0.3 is 0 Å². The molecule has 0 aromatic carbocycles. The van der Waals surface area contributed by atoms with Gasteiger partial charge in [0.2, 0.25) is 17.8 Å². The predicted octanol–water partition coefficient (Wildman–Crippen LogP) is 2.91. The number of anilines is 3. The van der Waals surface area contributed by atoms with Gasteiger partial charge in [-0.25, -0.2) is 0 Å². The van der Waals surface area contributed by atoms with Gasteiger partial charge in [-0.3, -0.25) is 4.90 Å². The molecule has 7 nitrogen and oxygen atoms in total. The summed E-state index contributed by atoms with van der Waals surface area (Å²) in [6.45, 7) is 5.37. The van der Waals surface area contributed by atoms with E-state index in [2.05, 4.69) is 37.4 Å². The van der Waals surface area contributed by atoms with Crippen LogP contribution < -0.4 is 16.4 Å². The first-order valence-corrected chi connectivity index (χ1v) is 9.50. The van der Waals surface area contributed by atoms with Crippen molar-refractivity contribution in [3.8, 4) is 0 Å². The van der Waals surface area contributed by atoms with Gasteiger partial charge in [-0.2, -0.15) is 15.0 Å². The summed E-state index contributed by atoms with van der Waals surface area (Å²) in [6, 6.07) is 1.01. The Morgan fingerprint density at radius 1 is 1.00 bits per heavy atom. The van der Waals surface area contributed by atoms with Crippen LogP contribution in [0.4, 0.5) is 17.8 Å². The molecule has 0 amide bonds. The highest BCUT2D eigenvalue weighted by Crippen LogP contribution is 2.21. The zero-order valence-corrected chi connectivity index (χ0v) is 16.0. The zero-order chi connectivity index (χ0) is 16.8. The van der Waals surface area contributed by atoms with Crippen LogP contribution in [0, 0.1) is 0 Å². The van der Waals surface area contributed by atoms with Crippen LogP contribution in [-0.2, 0) is 0 Å². The molecular formula is C17H32ClN7. The lowest BCUT2D eigenvalue weighted by Gasteiger charge is -2.23. The summed E-state index contributed by atoms with van der Waals surface area (Å²) in [5, 5.41) is 6.82. The number of likely N-dealkylation sites (N-methyl/N-ethyl adjacent to an activating group) is 1. The molecule has 1 unspecified atom stereocenters. The molecule has 1 aliphatic carbocycles. The minimum absolute atomic E-state index is 0. The molecule has 4 N–H and O–H groups in total. The van der Waals surface area contributed by atoms with E-state index in [0.717, 1.165) is 13.1 Å². The molecule has 8 heteroatoms. The molecule has 2 fully saturated rings. The monoisotopic (exact) mass is 369 g/mol.